The second-order valence-corrected chi connectivity index (χ2v) is 5.88. The molecule has 102 valence electrons. The molecule has 0 aliphatic carbocycles. The maximum atomic E-state index is 11.9. The van der Waals surface area contributed by atoms with Crippen LogP contribution in [0.4, 0.5) is 0 Å². The van der Waals surface area contributed by atoms with Gasteiger partial charge < -0.3 is 9.67 Å². The first-order valence-electron chi connectivity index (χ1n) is 5.74. The number of hydrogen-bond donors (Lipinski definition) is 2. The summed E-state index contributed by atoms with van der Waals surface area (Å²) in [6.45, 7) is 1.92. The van der Waals surface area contributed by atoms with Crippen LogP contribution in [0.25, 0.3) is 0 Å². The van der Waals surface area contributed by atoms with Crippen LogP contribution < -0.4 is 4.72 Å². The lowest BCUT2D eigenvalue weighted by molar-refractivity contribution is -0.139. The molecule has 0 unspecified atom stereocenters. The molecule has 0 aliphatic rings. The molecule has 0 amide bonds. The second kappa shape index (κ2) is 6.01. The van der Waals surface area contributed by atoms with Crippen LogP contribution >= 0.6 is 0 Å². The number of carboxylic acids is 1. The van der Waals surface area contributed by atoms with Crippen molar-refractivity contribution in [1.29, 1.82) is 0 Å². The van der Waals surface area contributed by atoms with E-state index in [1.165, 1.54) is 12.3 Å². The average Bonchev–Trinajstić information content (AvgIpc) is 2.71. The van der Waals surface area contributed by atoms with Crippen LogP contribution in [0.2, 0.25) is 0 Å². The van der Waals surface area contributed by atoms with Crippen molar-refractivity contribution in [2.75, 3.05) is 0 Å². The van der Waals surface area contributed by atoms with E-state index in [-0.39, 0.29) is 11.3 Å². The van der Waals surface area contributed by atoms with Gasteiger partial charge in [-0.15, -0.1) is 0 Å². The highest BCUT2D eigenvalue weighted by molar-refractivity contribution is 7.89. The van der Waals surface area contributed by atoms with Gasteiger partial charge in [-0.05, 0) is 12.5 Å². The predicted octanol–water partition coefficient (Wildman–Crippen LogP) is 0.947. The monoisotopic (exact) mass is 274 g/mol. The summed E-state index contributed by atoms with van der Waals surface area (Å²) in [6, 6.07) is 0.358. The molecule has 0 fully saturated rings. The summed E-state index contributed by atoms with van der Waals surface area (Å²) in [5.74, 6) is -1.15. The fourth-order valence-corrected chi connectivity index (χ4v) is 2.81. The highest BCUT2D eigenvalue weighted by Gasteiger charge is 2.25. The summed E-state index contributed by atoms with van der Waals surface area (Å²) in [5.41, 5.74) is 0. The summed E-state index contributed by atoms with van der Waals surface area (Å²) >= 11 is 0. The quantitative estimate of drug-likeness (QED) is 0.774. The first-order valence-corrected chi connectivity index (χ1v) is 7.22. The molecular formula is C11H18N2O4S. The zero-order chi connectivity index (χ0) is 13.8. The first kappa shape index (κ1) is 14.7. The Morgan fingerprint density at radius 3 is 2.67 bits per heavy atom. The fraction of sp³-hybridized carbons (Fsp3) is 0.545. The number of aryl methyl sites for hydroxylation is 1. The number of hydrogen-bond acceptors (Lipinski definition) is 3. The van der Waals surface area contributed by atoms with Crippen LogP contribution in [0.15, 0.2) is 23.4 Å². The molecule has 1 atom stereocenters. The molecule has 2 N–H and O–H groups in total. The molecule has 6 nitrogen and oxygen atoms in total. The Labute approximate surface area is 107 Å². The number of aliphatic carboxylic acids is 1. The lowest BCUT2D eigenvalue weighted by Crippen LogP contribution is -2.40. The Hall–Kier alpha value is -1.34. The lowest BCUT2D eigenvalue weighted by Gasteiger charge is -2.13. The Balaban J connectivity index is 2.82. The van der Waals surface area contributed by atoms with Gasteiger partial charge in [0.1, 0.15) is 6.04 Å². The van der Waals surface area contributed by atoms with Crippen molar-refractivity contribution < 1.29 is 18.3 Å². The minimum atomic E-state index is -3.77. The van der Waals surface area contributed by atoms with Gasteiger partial charge in [-0.2, -0.15) is 4.72 Å². The van der Waals surface area contributed by atoms with E-state index in [9.17, 15) is 13.2 Å². The third kappa shape index (κ3) is 3.85. The molecule has 0 aliphatic heterocycles. The normalized spacial score (nSPS) is 13.4. The van der Waals surface area contributed by atoms with Gasteiger partial charge in [0, 0.05) is 19.4 Å². The zero-order valence-corrected chi connectivity index (χ0v) is 11.3. The maximum absolute atomic E-state index is 11.9. The minimum absolute atomic E-state index is 0.0766. The van der Waals surface area contributed by atoms with Crippen molar-refractivity contribution in [2.45, 2.75) is 37.1 Å². The van der Waals surface area contributed by atoms with Gasteiger partial charge >= 0.3 is 5.97 Å². The van der Waals surface area contributed by atoms with Crippen molar-refractivity contribution >= 4 is 16.0 Å². The predicted molar refractivity (Wildman–Crippen MR) is 66.7 cm³/mol. The standard InChI is InChI=1S/C11H18N2O4S/c1-3-4-5-10(11(14)15)12-18(16,17)9-6-7-13(2)8-9/h6-8,10,12H,3-5H2,1-2H3,(H,14,15)/t10-/m0/s1. The van der Waals surface area contributed by atoms with E-state index >= 15 is 0 Å². The summed E-state index contributed by atoms with van der Waals surface area (Å²) in [5, 5.41) is 8.98. The van der Waals surface area contributed by atoms with Crippen LogP contribution in [0.3, 0.4) is 0 Å². The largest absolute Gasteiger partial charge is 0.480 e. The van der Waals surface area contributed by atoms with E-state index in [2.05, 4.69) is 4.72 Å². The first-order chi connectivity index (χ1) is 8.36. The number of nitrogens with one attached hydrogen (secondary N) is 1. The third-order valence-electron chi connectivity index (χ3n) is 2.56. The molecule has 1 rings (SSSR count). The number of rotatable bonds is 7. The Kier molecular flexibility index (Phi) is 4.92. The second-order valence-electron chi connectivity index (χ2n) is 4.17. The van der Waals surface area contributed by atoms with Crippen LogP contribution in [-0.4, -0.2) is 30.1 Å². The summed E-state index contributed by atoms with van der Waals surface area (Å²) in [6.07, 6.45) is 4.79. The molecule has 0 saturated heterocycles. The van der Waals surface area contributed by atoms with E-state index in [4.69, 9.17) is 5.11 Å². The molecule has 1 heterocycles. The SMILES string of the molecule is CCCC[C@H](NS(=O)(=O)c1ccn(C)c1)C(=O)O. The number of unbranched alkanes of at least 4 members (excludes halogenated alkanes) is 1. The molecule has 1 aromatic heterocycles. The van der Waals surface area contributed by atoms with Gasteiger partial charge in [-0.3, -0.25) is 4.79 Å². The Morgan fingerprint density at radius 1 is 1.56 bits per heavy atom. The zero-order valence-electron chi connectivity index (χ0n) is 10.5. The Bertz CT molecular complexity index is 507. The van der Waals surface area contributed by atoms with E-state index in [0.717, 1.165) is 6.42 Å². The van der Waals surface area contributed by atoms with E-state index in [1.807, 2.05) is 6.92 Å². The lowest BCUT2D eigenvalue weighted by atomic mass is 10.1. The van der Waals surface area contributed by atoms with Crippen LogP contribution in [0.1, 0.15) is 26.2 Å². The van der Waals surface area contributed by atoms with E-state index in [0.29, 0.717) is 6.42 Å². The smallest absolute Gasteiger partial charge is 0.321 e. The van der Waals surface area contributed by atoms with E-state index in [1.54, 1.807) is 17.8 Å². The number of nitrogens with zero attached hydrogens (tertiary/aromatic N) is 1. The van der Waals surface area contributed by atoms with Gasteiger partial charge in [0.15, 0.2) is 0 Å². The molecule has 0 bridgehead atoms. The number of carbonyl (C=O) groups is 1. The fourth-order valence-electron chi connectivity index (χ4n) is 1.53. The van der Waals surface area contributed by atoms with Gasteiger partial charge in [0.25, 0.3) is 0 Å². The highest BCUT2D eigenvalue weighted by atomic mass is 32.2. The molecule has 18 heavy (non-hydrogen) atoms. The molecule has 0 spiro atoms. The van der Waals surface area contributed by atoms with Gasteiger partial charge in [0.05, 0.1) is 4.90 Å². The van der Waals surface area contributed by atoms with Crippen LogP contribution in [0, 0.1) is 0 Å². The molecule has 1 aromatic rings. The van der Waals surface area contributed by atoms with Crippen molar-refractivity contribution in [2.24, 2.45) is 7.05 Å². The van der Waals surface area contributed by atoms with Crippen molar-refractivity contribution in [1.82, 2.24) is 9.29 Å². The molecule has 0 radical (unpaired) electrons. The van der Waals surface area contributed by atoms with E-state index < -0.39 is 22.0 Å². The number of carboxylic acid groups (broad SMARTS) is 1. The van der Waals surface area contributed by atoms with Crippen molar-refractivity contribution in [3.63, 3.8) is 0 Å². The van der Waals surface area contributed by atoms with Crippen molar-refractivity contribution in [3.05, 3.63) is 18.5 Å². The molecule has 7 heteroatoms. The van der Waals surface area contributed by atoms with Crippen LogP contribution in [-0.2, 0) is 21.9 Å². The number of aromatic nitrogens is 1. The number of sulfonamides is 1. The van der Waals surface area contributed by atoms with Crippen LogP contribution in [0.5, 0.6) is 0 Å². The molecule has 0 saturated carbocycles. The Morgan fingerprint density at radius 2 is 2.22 bits per heavy atom. The van der Waals surface area contributed by atoms with Gasteiger partial charge in [-0.1, -0.05) is 19.8 Å². The summed E-state index contributed by atoms with van der Waals surface area (Å²) in [4.78, 5) is 11.1. The highest BCUT2D eigenvalue weighted by Crippen LogP contribution is 2.11. The average molecular weight is 274 g/mol. The molecular weight excluding hydrogens is 256 g/mol. The van der Waals surface area contributed by atoms with Crippen molar-refractivity contribution in [3.8, 4) is 0 Å². The summed E-state index contributed by atoms with van der Waals surface area (Å²) in [7, 11) is -2.07. The van der Waals surface area contributed by atoms with Gasteiger partial charge in [-0.25, -0.2) is 8.42 Å². The third-order valence-corrected chi connectivity index (χ3v) is 4.01. The van der Waals surface area contributed by atoms with Gasteiger partial charge in [0.2, 0.25) is 10.0 Å². The topological polar surface area (TPSA) is 88.4 Å². The minimum Gasteiger partial charge on any atom is -0.480 e. The molecule has 0 aromatic carbocycles. The summed E-state index contributed by atoms with van der Waals surface area (Å²) < 4.78 is 27.7. The maximum Gasteiger partial charge on any atom is 0.321 e.